The van der Waals surface area contributed by atoms with Crippen LogP contribution in [-0.4, -0.2) is 30.6 Å². The first-order valence-corrected chi connectivity index (χ1v) is 9.08. The van der Waals surface area contributed by atoms with Crippen molar-refractivity contribution in [1.82, 2.24) is 4.90 Å². The number of nitrogens with two attached hydrogens (primary N) is 1. The van der Waals surface area contributed by atoms with Gasteiger partial charge in [-0.05, 0) is 43.0 Å². The van der Waals surface area contributed by atoms with Gasteiger partial charge in [0.25, 0.3) is 0 Å². The Morgan fingerprint density at radius 2 is 2.12 bits per heavy atom. The van der Waals surface area contributed by atoms with E-state index in [4.69, 9.17) is 10.5 Å². The second-order valence-corrected chi connectivity index (χ2v) is 6.59. The van der Waals surface area contributed by atoms with Gasteiger partial charge in [-0.1, -0.05) is 30.3 Å². The molecule has 1 aliphatic rings. The van der Waals surface area contributed by atoms with Crippen molar-refractivity contribution >= 4 is 5.91 Å². The van der Waals surface area contributed by atoms with Gasteiger partial charge in [-0.25, -0.2) is 4.39 Å². The van der Waals surface area contributed by atoms with E-state index in [9.17, 15) is 9.18 Å². The molecule has 1 atom stereocenters. The number of hydrogen-bond acceptors (Lipinski definition) is 3. The van der Waals surface area contributed by atoms with Gasteiger partial charge in [0.05, 0.1) is 6.61 Å². The lowest BCUT2D eigenvalue weighted by Gasteiger charge is -2.30. The number of halogens is 1. The molecule has 5 heteroatoms. The first-order valence-electron chi connectivity index (χ1n) is 9.08. The number of rotatable bonds is 8. The zero-order valence-electron chi connectivity index (χ0n) is 15.1. The number of primary amides is 1. The lowest BCUT2D eigenvalue weighted by Crippen LogP contribution is -2.31. The number of carbonyl (C=O) groups excluding carboxylic acids is 1. The summed E-state index contributed by atoms with van der Waals surface area (Å²) in [5.74, 6) is -1.01. The van der Waals surface area contributed by atoms with Crippen molar-refractivity contribution in [2.75, 3.05) is 19.8 Å². The van der Waals surface area contributed by atoms with Crippen LogP contribution in [0.4, 0.5) is 4.39 Å². The number of hydrogen-bond donors (Lipinski definition) is 1. The summed E-state index contributed by atoms with van der Waals surface area (Å²) in [6.07, 6.45) is 2.06. The van der Waals surface area contributed by atoms with E-state index in [-0.39, 0.29) is 11.6 Å². The first kappa shape index (κ1) is 18.5. The molecule has 0 spiro atoms. The highest BCUT2D eigenvalue weighted by Crippen LogP contribution is 2.36. The van der Waals surface area contributed by atoms with Crippen LogP contribution in [0.1, 0.15) is 46.4 Å². The van der Waals surface area contributed by atoms with Gasteiger partial charge in [0.15, 0.2) is 0 Å². The van der Waals surface area contributed by atoms with Crippen LogP contribution in [0.15, 0.2) is 42.5 Å². The van der Waals surface area contributed by atoms with Crippen LogP contribution in [0.25, 0.3) is 0 Å². The lowest BCUT2D eigenvalue weighted by molar-refractivity contribution is 0.0889. The molecule has 3 rings (SSSR count). The molecule has 0 aliphatic heterocycles. The van der Waals surface area contributed by atoms with Gasteiger partial charge < -0.3 is 10.5 Å². The summed E-state index contributed by atoms with van der Waals surface area (Å²) < 4.78 is 20.0. The van der Waals surface area contributed by atoms with Gasteiger partial charge in [0.1, 0.15) is 5.82 Å². The molecule has 0 radical (unpaired) electrons. The Morgan fingerprint density at radius 3 is 2.85 bits per heavy atom. The maximum atomic E-state index is 14.5. The van der Waals surface area contributed by atoms with Gasteiger partial charge in [-0.3, -0.25) is 9.69 Å². The third-order valence-electron chi connectivity index (χ3n) is 4.98. The second kappa shape index (κ2) is 8.43. The van der Waals surface area contributed by atoms with E-state index in [1.165, 1.54) is 17.2 Å². The van der Waals surface area contributed by atoms with Crippen molar-refractivity contribution in [2.45, 2.75) is 32.4 Å². The lowest BCUT2D eigenvalue weighted by atomic mass is 10.0. The molecule has 1 aliphatic carbocycles. The number of fused-ring (bicyclic) bond motifs is 1. The van der Waals surface area contributed by atoms with Crippen molar-refractivity contribution in [2.24, 2.45) is 5.73 Å². The number of aryl methyl sites for hydroxylation is 1. The SMILES string of the molecule is CCOCCN(Cc1ccc(C(N)=O)cc1F)C1CCc2ccccc21. The van der Waals surface area contributed by atoms with Gasteiger partial charge in [0, 0.05) is 36.9 Å². The van der Waals surface area contributed by atoms with Crippen molar-refractivity contribution < 1.29 is 13.9 Å². The highest BCUT2D eigenvalue weighted by molar-refractivity contribution is 5.92. The number of ether oxygens (including phenoxy) is 1. The van der Waals surface area contributed by atoms with E-state index in [0.717, 1.165) is 19.4 Å². The zero-order chi connectivity index (χ0) is 18.5. The predicted molar refractivity (Wildman–Crippen MR) is 99.3 cm³/mol. The molecule has 0 fully saturated rings. The Labute approximate surface area is 153 Å². The fourth-order valence-electron chi connectivity index (χ4n) is 3.63. The topological polar surface area (TPSA) is 55.6 Å². The number of benzene rings is 2. The average Bonchev–Trinajstić information content (AvgIpc) is 3.06. The summed E-state index contributed by atoms with van der Waals surface area (Å²) in [5.41, 5.74) is 8.68. The standard InChI is InChI=1S/C21H25FN2O2/c1-2-26-12-11-24(20-10-9-15-5-3-4-6-18(15)20)14-17-8-7-16(21(23)25)13-19(17)22/h3-8,13,20H,2,9-12,14H2,1H3,(H2,23,25). The number of carbonyl (C=O) groups is 1. The smallest absolute Gasteiger partial charge is 0.248 e. The summed E-state index contributed by atoms with van der Waals surface area (Å²) in [6, 6.07) is 13.2. The van der Waals surface area contributed by atoms with Crippen LogP contribution in [0, 0.1) is 5.82 Å². The van der Waals surface area contributed by atoms with Crippen molar-refractivity contribution in [3.05, 3.63) is 70.5 Å². The first-order chi connectivity index (χ1) is 12.6. The summed E-state index contributed by atoms with van der Waals surface area (Å²) in [5, 5.41) is 0. The third kappa shape index (κ3) is 4.11. The van der Waals surface area contributed by atoms with Gasteiger partial charge >= 0.3 is 0 Å². The minimum atomic E-state index is -0.617. The van der Waals surface area contributed by atoms with Crippen molar-refractivity contribution in [3.8, 4) is 0 Å². The molecule has 2 N–H and O–H groups in total. The molecule has 0 saturated carbocycles. The predicted octanol–water partition coefficient (Wildman–Crippen LogP) is 3.45. The van der Waals surface area contributed by atoms with E-state index in [0.29, 0.717) is 25.3 Å². The minimum Gasteiger partial charge on any atom is -0.380 e. The molecule has 138 valence electrons. The van der Waals surface area contributed by atoms with Gasteiger partial charge in [0.2, 0.25) is 5.91 Å². The molecule has 2 aromatic carbocycles. The molecule has 0 heterocycles. The quantitative estimate of drug-likeness (QED) is 0.737. The molecule has 26 heavy (non-hydrogen) atoms. The molecule has 2 aromatic rings. The number of amides is 1. The Morgan fingerprint density at radius 1 is 1.31 bits per heavy atom. The molecular weight excluding hydrogens is 331 g/mol. The highest BCUT2D eigenvalue weighted by atomic mass is 19.1. The van der Waals surface area contributed by atoms with E-state index in [2.05, 4.69) is 29.2 Å². The highest BCUT2D eigenvalue weighted by Gasteiger charge is 2.28. The molecular formula is C21H25FN2O2. The summed E-state index contributed by atoms with van der Waals surface area (Å²) in [4.78, 5) is 13.5. The Balaban J connectivity index is 1.82. The van der Waals surface area contributed by atoms with E-state index >= 15 is 0 Å². The van der Waals surface area contributed by atoms with Crippen molar-refractivity contribution in [3.63, 3.8) is 0 Å². The Kier molecular flexibility index (Phi) is 6.01. The maximum absolute atomic E-state index is 14.5. The minimum absolute atomic E-state index is 0.193. The van der Waals surface area contributed by atoms with Crippen LogP contribution < -0.4 is 5.73 Å². The van der Waals surface area contributed by atoms with Crippen LogP contribution in [-0.2, 0) is 17.7 Å². The third-order valence-corrected chi connectivity index (χ3v) is 4.98. The van der Waals surface area contributed by atoms with Crippen LogP contribution >= 0.6 is 0 Å². The molecule has 1 amide bonds. The summed E-state index contributed by atoms with van der Waals surface area (Å²) in [7, 11) is 0. The molecule has 0 bridgehead atoms. The van der Waals surface area contributed by atoms with Gasteiger partial charge in [-0.15, -0.1) is 0 Å². The van der Waals surface area contributed by atoms with Crippen LogP contribution in [0.5, 0.6) is 0 Å². The average molecular weight is 356 g/mol. The fourth-order valence-corrected chi connectivity index (χ4v) is 3.63. The summed E-state index contributed by atoms with van der Waals surface area (Å²) in [6.45, 7) is 4.44. The van der Waals surface area contributed by atoms with E-state index < -0.39 is 11.7 Å². The maximum Gasteiger partial charge on any atom is 0.248 e. The number of nitrogens with zero attached hydrogens (tertiary/aromatic N) is 1. The Bertz CT molecular complexity index is 778. The molecule has 0 aromatic heterocycles. The zero-order valence-corrected chi connectivity index (χ0v) is 15.1. The second-order valence-electron chi connectivity index (χ2n) is 6.59. The normalized spacial score (nSPS) is 16.0. The molecule has 4 nitrogen and oxygen atoms in total. The van der Waals surface area contributed by atoms with Crippen LogP contribution in [0.2, 0.25) is 0 Å². The van der Waals surface area contributed by atoms with E-state index in [1.807, 2.05) is 6.92 Å². The summed E-state index contributed by atoms with van der Waals surface area (Å²) >= 11 is 0. The van der Waals surface area contributed by atoms with Gasteiger partial charge in [-0.2, -0.15) is 0 Å². The monoisotopic (exact) mass is 356 g/mol. The van der Waals surface area contributed by atoms with Crippen LogP contribution in [0.3, 0.4) is 0 Å². The van der Waals surface area contributed by atoms with Crippen molar-refractivity contribution in [1.29, 1.82) is 0 Å². The Hall–Kier alpha value is -2.24. The molecule has 0 saturated heterocycles. The fraction of sp³-hybridized carbons (Fsp3) is 0.381. The molecule has 1 unspecified atom stereocenters. The largest absolute Gasteiger partial charge is 0.380 e. The van der Waals surface area contributed by atoms with E-state index in [1.54, 1.807) is 12.1 Å².